The van der Waals surface area contributed by atoms with Crippen molar-refractivity contribution < 1.29 is 0 Å². The third kappa shape index (κ3) is 4.51. The molecular formula is C15H23. The Kier molecular flexibility index (Phi) is 5.45. The summed E-state index contributed by atoms with van der Waals surface area (Å²) in [5, 5.41) is 0. The van der Waals surface area contributed by atoms with E-state index in [1.165, 1.54) is 19.3 Å². The van der Waals surface area contributed by atoms with Crippen molar-refractivity contribution in [1.82, 2.24) is 0 Å². The van der Waals surface area contributed by atoms with Gasteiger partial charge in [-0.05, 0) is 37.0 Å². The van der Waals surface area contributed by atoms with E-state index < -0.39 is 0 Å². The fraction of sp³-hybridized carbons (Fsp3) is 0.533. The summed E-state index contributed by atoms with van der Waals surface area (Å²) in [6.07, 6.45) is 16.5. The summed E-state index contributed by atoms with van der Waals surface area (Å²) < 4.78 is 0. The van der Waals surface area contributed by atoms with Crippen LogP contribution >= 0.6 is 0 Å². The highest BCUT2D eigenvalue weighted by Gasteiger charge is 2.22. The molecule has 0 N–H and O–H groups in total. The lowest BCUT2D eigenvalue weighted by atomic mass is 9.76. The van der Waals surface area contributed by atoms with E-state index in [1.54, 1.807) is 6.08 Å². The zero-order valence-corrected chi connectivity index (χ0v) is 10.0. The Morgan fingerprint density at radius 2 is 1.80 bits per heavy atom. The van der Waals surface area contributed by atoms with Gasteiger partial charge < -0.3 is 0 Å². The molecule has 0 heterocycles. The average Bonchev–Trinajstić information content (AvgIpc) is 2.23. The maximum absolute atomic E-state index is 3.64. The SMILES string of the molecule is C=C[CH]/C=C\C=C\C1CCC(C)C(C)C1. The van der Waals surface area contributed by atoms with Crippen LogP contribution in [0.4, 0.5) is 0 Å². The van der Waals surface area contributed by atoms with Crippen molar-refractivity contribution in [2.24, 2.45) is 17.8 Å². The van der Waals surface area contributed by atoms with E-state index in [-0.39, 0.29) is 0 Å². The molecule has 3 unspecified atom stereocenters. The standard InChI is InChI=1S/C15H23/c1-4-5-6-7-8-9-15-11-10-13(2)14(3)12-15/h4-9,13-15H,1,10-12H2,2-3H3/b7-6-,9-8+. The van der Waals surface area contributed by atoms with Crippen LogP contribution in [0.1, 0.15) is 33.1 Å². The van der Waals surface area contributed by atoms with Gasteiger partial charge in [0.15, 0.2) is 0 Å². The van der Waals surface area contributed by atoms with Crippen molar-refractivity contribution in [2.75, 3.05) is 0 Å². The molecule has 0 aromatic rings. The molecule has 0 amide bonds. The Labute approximate surface area is 94.8 Å². The van der Waals surface area contributed by atoms with Crippen LogP contribution in [-0.2, 0) is 0 Å². The Morgan fingerprint density at radius 1 is 1.00 bits per heavy atom. The molecule has 0 aromatic carbocycles. The minimum Gasteiger partial charge on any atom is -0.102 e. The van der Waals surface area contributed by atoms with Gasteiger partial charge in [-0.3, -0.25) is 0 Å². The highest BCUT2D eigenvalue weighted by molar-refractivity contribution is 5.13. The first-order valence-corrected chi connectivity index (χ1v) is 6.03. The summed E-state index contributed by atoms with van der Waals surface area (Å²) in [6, 6.07) is 0. The second kappa shape index (κ2) is 6.66. The maximum atomic E-state index is 3.64. The van der Waals surface area contributed by atoms with Crippen LogP contribution in [0.2, 0.25) is 0 Å². The monoisotopic (exact) mass is 203 g/mol. The lowest BCUT2D eigenvalue weighted by Crippen LogP contribution is -2.19. The second-order valence-electron chi connectivity index (χ2n) is 4.73. The van der Waals surface area contributed by atoms with E-state index in [9.17, 15) is 0 Å². The maximum Gasteiger partial charge on any atom is 0.00446 e. The molecule has 0 aliphatic heterocycles. The first-order chi connectivity index (χ1) is 7.24. The van der Waals surface area contributed by atoms with Crippen molar-refractivity contribution in [3.8, 4) is 0 Å². The predicted molar refractivity (Wildman–Crippen MR) is 68.4 cm³/mol. The van der Waals surface area contributed by atoms with Gasteiger partial charge in [-0.25, -0.2) is 0 Å². The third-order valence-corrected chi connectivity index (χ3v) is 3.49. The number of rotatable bonds is 4. The van der Waals surface area contributed by atoms with Crippen molar-refractivity contribution in [1.29, 1.82) is 0 Å². The van der Waals surface area contributed by atoms with Gasteiger partial charge in [-0.15, -0.1) is 6.58 Å². The van der Waals surface area contributed by atoms with Gasteiger partial charge in [0.25, 0.3) is 0 Å². The lowest BCUT2D eigenvalue weighted by molar-refractivity contribution is 0.237. The molecule has 0 nitrogen and oxygen atoms in total. The van der Waals surface area contributed by atoms with Crippen LogP contribution < -0.4 is 0 Å². The molecule has 1 saturated carbocycles. The predicted octanol–water partition coefficient (Wildman–Crippen LogP) is 4.56. The van der Waals surface area contributed by atoms with Gasteiger partial charge in [-0.2, -0.15) is 0 Å². The highest BCUT2D eigenvalue weighted by Crippen LogP contribution is 2.33. The van der Waals surface area contributed by atoms with Gasteiger partial charge >= 0.3 is 0 Å². The molecule has 0 aromatic heterocycles. The molecule has 1 radical (unpaired) electrons. The number of allylic oxidation sites excluding steroid dienone is 5. The molecule has 1 aliphatic carbocycles. The van der Waals surface area contributed by atoms with Crippen LogP contribution in [0.3, 0.4) is 0 Å². The summed E-state index contributed by atoms with van der Waals surface area (Å²) >= 11 is 0. The van der Waals surface area contributed by atoms with Crippen LogP contribution in [0.5, 0.6) is 0 Å². The molecule has 0 bridgehead atoms. The first kappa shape index (κ1) is 12.3. The van der Waals surface area contributed by atoms with Crippen molar-refractivity contribution in [3.05, 3.63) is 43.4 Å². The minimum absolute atomic E-state index is 0.796. The van der Waals surface area contributed by atoms with Gasteiger partial charge in [0.1, 0.15) is 0 Å². The van der Waals surface area contributed by atoms with Crippen LogP contribution in [0.15, 0.2) is 37.0 Å². The molecule has 0 heteroatoms. The van der Waals surface area contributed by atoms with Crippen molar-refractivity contribution in [2.45, 2.75) is 33.1 Å². The van der Waals surface area contributed by atoms with Gasteiger partial charge in [0, 0.05) is 6.42 Å². The smallest absolute Gasteiger partial charge is 0.00446 e. The molecule has 15 heavy (non-hydrogen) atoms. The highest BCUT2D eigenvalue weighted by atomic mass is 14.3. The topological polar surface area (TPSA) is 0 Å². The largest absolute Gasteiger partial charge is 0.102 e. The van der Waals surface area contributed by atoms with Crippen LogP contribution in [0.25, 0.3) is 0 Å². The zero-order chi connectivity index (χ0) is 11.1. The molecule has 83 valence electrons. The van der Waals surface area contributed by atoms with Crippen molar-refractivity contribution in [3.63, 3.8) is 0 Å². The zero-order valence-electron chi connectivity index (χ0n) is 10.0. The summed E-state index contributed by atoms with van der Waals surface area (Å²) in [5.74, 6) is 2.60. The first-order valence-electron chi connectivity index (χ1n) is 6.03. The van der Waals surface area contributed by atoms with E-state index in [0.29, 0.717) is 0 Å². The Morgan fingerprint density at radius 3 is 2.47 bits per heavy atom. The minimum atomic E-state index is 0.796. The molecule has 3 atom stereocenters. The van der Waals surface area contributed by atoms with E-state index in [2.05, 4.69) is 38.7 Å². The molecule has 0 saturated heterocycles. The van der Waals surface area contributed by atoms with Crippen LogP contribution in [-0.4, -0.2) is 0 Å². The molecule has 1 aliphatic rings. The number of hydrogen-bond acceptors (Lipinski definition) is 0. The van der Waals surface area contributed by atoms with Crippen LogP contribution in [0, 0.1) is 24.2 Å². The number of hydrogen-bond donors (Lipinski definition) is 0. The fourth-order valence-electron chi connectivity index (χ4n) is 2.19. The lowest BCUT2D eigenvalue weighted by Gasteiger charge is -2.30. The van der Waals surface area contributed by atoms with E-state index in [0.717, 1.165) is 17.8 Å². The fourth-order valence-corrected chi connectivity index (χ4v) is 2.19. The Hall–Kier alpha value is -0.780. The van der Waals surface area contributed by atoms with Gasteiger partial charge in [0.2, 0.25) is 0 Å². The average molecular weight is 203 g/mol. The van der Waals surface area contributed by atoms with Gasteiger partial charge in [-0.1, -0.05) is 44.2 Å². The molecule has 1 rings (SSSR count). The van der Waals surface area contributed by atoms with E-state index in [4.69, 9.17) is 0 Å². The second-order valence-corrected chi connectivity index (χ2v) is 4.73. The normalized spacial score (nSPS) is 32.5. The summed E-state index contributed by atoms with van der Waals surface area (Å²) in [7, 11) is 0. The molecule has 1 fully saturated rings. The van der Waals surface area contributed by atoms with Gasteiger partial charge in [0.05, 0.1) is 0 Å². The molecule has 0 spiro atoms. The summed E-state index contributed by atoms with van der Waals surface area (Å²) in [5.41, 5.74) is 0. The Bertz CT molecular complexity index is 234. The van der Waals surface area contributed by atoms with E-state index in [1.807, 2.05) is 12.5 Å². The third-order valence-electron chi connectivity index (χ3n) is 3.49. The summed E-state index contributed by atoms with van der Waals surface area (Å²) in [4.78, 5) is 0. The molecular weight excluding hydrogens is 180 g/mol. The Balaban J connectivity index is 2.30. The van der Waals surface area contributed by atoms with Crippen molar-refractivity contribution >= 4 is 0 Å². The van der Waals surface area contributed by atoms with E-state index >= 15 is 0 Å². The summed E-state index contributed by atoms with van der Waals surface area (Å²) in [6.45, 7) is 8.39. The quantitative estimate of drug-likeness (QED) is 0.587.